The van der Waals surface area contributed by atoms with Crippen LogP contribution in [0.1, 0.15) is 0 Å². The summed E-state index contributed by atoms with van der Waals surface area (Å²) in [5, 5.41) is 8.58. The van der Waals surface area contributed by atoms with E-state index in [1.165, 1.54) is 37.7 Å². The van der Waals surface area contributed by atoms with Gasteiger partial charge in [-0.3, -0.25) is 9.97 Å². The van der Waals surface area contributed by atoms with Crippen molar-refractivity contribution in [3.05, 3.63) is 61.1 Å². The standard InChI is InChI=1S/C18H10N2/c1-3-11-7-8-20-18-14-6-2-4-12-9-19-10-15(16(12)14)13(5-1)17(11)18/h1-10H. The summed E-state index contributed by atoms with van der Waals surface area (Å²) in [6.45, 7) is 0. The van der Waals surface area contributed by atoms with Crippen LogP contribution in [0.25, 0.3) is 43.2 Å². The topological polar surface area (TPSA) is 25.8 Å². The summed E-state index contributed by atoms with van der Waals surface area (Å²) in [7, 11) is 0. The van der Waals surface area contributed by atoms with Crippen LogP contribution in [0.4, 0.5) is 0 Å². The van der Waals surface area contributed by atoms with E-state index in [9.17, 15) is 0 Å². The molecule has 0 aliphatic carbocycles. The number of fused-ring (bicyclic) bond motifs is 2. The number of pyridine rings is 2. The van der Waals surface area contributed by atoms with Crippen molar-refractivity contribution in [2.24, 2.45) is 0 Å². The van der Waals surface area contributed by atoms with Crippen molar-refractivity contribution >= 4 is 43.2 Å². The van der Waals surface area contributed by atoms with Gasteiger partial charge in [0.2, 0.25) is 0 Å². The van der Waals surface area contributed by atoms with Gasteiger partial charge in [-0.15, -0.1) is 0 Å². The van der Waals surface area contributed by atoms with Gasteiger partial charge in [0, 0.05) is 45.5 Å². The molecule has 0 bridgehead atoms. The molecule has 2 aromatic heterocycles. The Labute approximate surface area is 115 Å². The van der Waals surface area contributed by atoms with Crippen LogP contribution in [-0.4, -0.2) is 9.97 Å². The molecule has 0 spiro atoms. The molecular weight excluding hydrogens is 244 g/mol. The monoisotopic (exact) mass is 254 g/mol. The van der Waals surface area contributed by atoms with E-state index in [1.807, 2.05) is 18.6 Å². The maximum Gasteiger partial charge on any atom is 0.0793 e. The molecule has 0 radical (unpaired) electrons. The van der Waals surface area contributed by atoms with E-state index in [2.05, 4.69) is 52.4 Å². The van der Waals surface area contributed by atoms with E-state index in [0.717, 1.165) is 5.52 Å². The third-order valence-electron chi connectivity index (χ3n) is 4.12. The molecule has 2 heteroatoms. The molecule has 92 valence electrons. The maximum atomic E-state index is 4.64. The van der Waals surface area contributed by atoms with Crippen molar-refractivity contribution in [1.29, 1.82) is 0 Å². The first kappa shape index (κ1) is 10.1. The third kappa shape index (κ3) is 1.09. The average Bonchev–Trinajstić information content (AvgIpc) is 2.52. The van der Waals surface area contributed by atoms with E-state index in [-0.39, 0.29) is 0 Å². The molecule has 0 aliphatic heterocycles. The van der Waals surface area contributed by atoms with E-state index >= 15 is 0 Å². The van der Waals surface area contributed by atoms with Crippen LogP contribution in [-0.2, 0) is 0 Å². The number of hydrogen-bond acceptors (Lipinski definition) is 2. The lowest BCUT2D eigenvalue weighted by Crippen LogP contribution is -1.89. The lowest BCUT2D eigenvalue weighted by molar-refractivity contribution is 1.39. The number of rotatable bonds is 0. The molecule has 5 aromatic rings. The van der Waals surface area contributed by atoms with Crippen LogP contribution < -0.4 is 0 Å². The van der Waals surface area contributed by atoms with Gasteiger partial charge in [-0.2, -0.15) is 0 Å². The Morgan fingerprint density at radius 3 is 2.45 bits per heavy atom. The van der Waals surface area contributed by atoms with Gasteiger partial charge in [0.25, 0.3) is 0 Å². The minimum absolute atomic E-state index is 1.09. The molecule has 5 rings (SSSR count). The second-order valence-corrected chi connectivity index (χ2v) is 5.15. The van der Waals surface area contributed by atoms with Crippen molar-refractivity contribution in [2.75, 3.05) is 0 Å². The summed E-state index contributed by atoms with van der Waals surface area (Å²) in [5.74, 6) is 0. The highest BCUT2D eigenvalue weighted by Gasteiger charge is 2.12. The molecule has 0 amide bonds. The smallest absolute Gasteiger partial charge is 0.0793 e. The Balaban J connectivity index is 2.32. The highest BCUT2D eigenvalue weighted by atomic mass is 14.7. The fourth-order valence-corrected chi connectivity index (χ4v) is 3.30. The van der Waals surface area contributed by atoms with Crippen molar-refractivity contribution in [2.45, 2.75) is 0 Å². The highest BCUT2D eigenvalue weighted by Crippen LogP contribution is 2.38. The molecule has 0 fully saturated rings. The summed E-state index contributed by atoms with van der Waals surface area (Å²) in [6.07, 6.45) is 5.79. The van der Waals surface area contributed by atoms with E-state index in [0.29, 0.717) is 0 Å². The molecule has 20 heavy (non-hydrogen) atoms. The van der Waals surface area contributed by atoms with Crippen LogP contribution >= 0.6 is 0 Å². The molecule has 2 nitrogen and oxygen atoms in total. The van der Waals surface area contributed by atoms with Gasteiger partial charge in [0.05, 0.1) is 5.52 Å². The number of benzene rings is 3. The molecular formula is C18H10N2. The molecule has 2 heterocycles. The predicted molar refractivity (Wildman–Crippen MR) is 83.2 cm³/mol. The van der Waals surface area contributed by atoms with Crippen LogP contribution in [0, 0.1) is 0 Å². The van der Waals surface area contributed by atoms with Gasteiger partial charge in [-0.05, 0) is 16.8 Å². The van der Waals surface area contributed by atoms with Gasteiger partial charge in [-0.25, -0.2) is 0 Å². The summed E-state index contributed by atoms with van der Waals surface area (Å²) in [4.78, 5) is 9.04. The lowest BCUT2D eigenvalue weighted by atomic mass is 9.94. The lowest BCUT2D eigenvalue weighted by Gasteiger charge is -2.12. The number of hydrogen-bond donors (Lipinski definition) is 0. The van der Waals surface area contributed by atoms with E-state index in [1.54, 1.807) is 0 Å². The van der Waals surface area contributed by atoms with Crippen molar-refractivity contribution < 1.29 is 0 Å². The van der Waals surface area contributed by atoms with Crippen LogP contribution in [0.5, 0.6) is 0 Å². The minimum atomic E-state index is 1.09. The molecule has 3 aromatic carbocycles. The minimum Gasteiger partial charge on any atom is -0.263 e. The van der Waals surface area contributed by atoms with Crippen LogP contribution in [0.2, 0.25) is 0 Å². The summed E-state index contributed by atoms with van der Waals surface area (Å²) in [5.41, 5.74) is 1.09. The van der Waals surface area contributed by atoms with E-state index in [4.69, 9.17) is 0 Å². The Morgan fingerprint density at radius 2 is 1.50 bits per heavy atom. The first-order chi connectivity index (χ1) is 9.93. The fourth-order valence-electron chi connectivity index (χ4n) is 3.30. The number of aromatic nitrogens is 2. The maximum absolute atomic E-state index is 4.64. The predicted octanol–water partition coefficient (Wildman–Crippen LogP) is 4.53. The average molecular weight is 254 g/mol. The number of nitrogens with zero attached hydrogens (tertiary/aromatic N) is 2. The molecule has 0 atom stereocenters. The van der Waals surface area contributed by atoms with Crippen LogP contribution in [0.15, 0.2) is 61.1 Å². The molecule has 0 aliphatic rings. The third-order valence-corrected chi connectivity index (χ3v) is 4.12. The highest BCUT2D eigenvalue weighted by molar-refractivity contribution is 6.31. The zero-order valence-electron chi connectivity index (χ0n) is 10.7. The van der Waals surface area contributed by atoms with Gasteiger partial charge in [0.15, 0.2) is 0 Å². The first-order valence-electron chi connectivity index (χ1n) is 6.69. The van der Waals surface area contributed by atoms with Crippen molar-refractivity contribution in [3.8, 4) is 0 Å². The first-order valence-corrected chi connectivity index (χ1v) is 6.69. The quantitative estimate of drug-likeness (QED) is 0.300. The van der Waals surface area contributed by atoms with Gasteiger partial charge >= 0.3 is 0 Å². The zero-order chi connectivity index (χ0) is 13.1. The SMILES string of the molecule is c1cc2cncc3c4cccc5ccnc(c(c1)c23)c54. The zero-order valence-corrected chi connectivity index (χ0v) is 10.7. The molecule has 0 N–H and O–H groups in total. The summed E-state index contributed by atoms with van der Waals surface area (Å²) >= 11 is 0. The van der Waals surface area contributed by atoms with Crippen molar-refractivity contribution in [3.63, 3.8) is 0 Å². The largest absolute Gasteiger partial charge is 0.263 e. The molecule has 0 unspecified atom stereocenters. The Hall–Kier alpha value is -2.74. The van der Waals surface area contributed by atoms with Gasteiger partial charge in [-0.1, -0.05) is 36.4 Å². The van der Waals surface area contributed by atoms with Gasteiger partial charge < -0.3 is 0 Å². The Bertz CT molecular complexity index is 926. The normalized spacial score (nSPS) is 12.0. The summed E-state index contributed by atoms with van der Waals surface area (Å²) < 4.78 is 0. The van der Waals surface area contributed by atoms with Crippen molar-refractivity contribution in [1.82, 2.24) is 9.97 Å². The van der Waals surface area contributed by atoms with E-state index < -0.39 is 0 Å². The summed E-state index contributed by atoms with van der Waals surface area (Å²) in [6, 6.07) is 14.8. The van der Waals surface area contributed by atoms with Gasteiger partial charge in [0.1, 0.15) is 0 Å². The Kier molecular flexibility index (Phi) is 1.73. The molecule has 0 saturated carbocycles. The Morgan fingerprint density at radius 1 is 0.650 bits per heavy atom. The fraction of sp³-hybridized carbons (Fsp3) is 0. The second-order valence-electron chi connectivity index (χ2n) is 5.15. The molecule has 0 saturated heterocycles. The second kappa shape index (κ2) is 3.42. The van der Waals surface area contributed by atoms with Crippen LogP contribution in [0.3, 0.4) is 0 Å².